The lowest BCUT2D eigenvalue weighted by Crippen LogP contribution is -2.22. The Morgan fingerprint density at radius 3 is 1.44 bits per heavy atom. The number of rotatable bonds is 2. The Morgan fingerprint density at radius 1 is 0.833 bits per heavy atom. The maximum atomic E-state index is 12.9. The van der Waals surface area contributed by atoms with Gasteiger partial charge in [-0.2, -0.15) is 0 Å². The number of halogens is 2. The number of nitrogens with zero attached hydrogens (tertiary/aromatic N) is 1. The Labute approximate surface area is 103 Å². The van der Waals surface area contributed by atoms with Crippen molar-refractivity contribution in [2.75, 3.05) is 4.90 Å². The van der Waals surface area contributed by atoms with E-state index >= 15 is 0 Å². The van der Waals surface area contributed by atoms with Crippen molar-refractivity contribution >= 4 is 17.3 Å². The van der Waals surface area contributed by atoms with Crippen LogP contribution in [0.4, 0.5) is 20.2 Å². The summed E-state index contributed by atoms with van der Waals surface area (Å²) in [7, 11) is 0. The molecule has 2 aromatic rings. The third-order valence-electron chi connectivity index (χ3n) is 2.48. The fourth-order valence-electron chi connectivity index (χ4n) is 1.69. The fourth-order valence-corrected chi connectivity index (χ4v) is 1.69. The van der Waals surface area contributed by atoms with Gasteiger partial charge in [0.2, 0.25) is 5.91 Å². The van der Waals surface area contributed by atoms with Gasteiger partial charge in [-0.3, -0.25) is 9.69 Å². The molecule has 2 rings (SSSR count). The summed E-state index contributed by atoms with van der Waals surface area (Å²) in [5.41, 5.74) is 1.08. The number of benzene rings is 2. The largest absolute Gasteiger partial charge is 0.281 e. The van der Waals surface area contributed by atoms with Crippen LogP contribution >= 0.6 is 0 Å². The molecule has 0 aliphatic heterocycles. The lowest BCUT2D eigenvalue weighted by molar-refractivity contribution is -0.115. The van der Waals surface area contributed by atoms with Gasteiger partial charge in [-0.05, 0) is 48.5 Å². The summed E-state index contributed by atoms with van der Waals surface area (Å²) in [4.78, 5) is 13.0. The molecule has 0 saturated heterocycles. The van der Waals surface area contributed by atoms with Crippen molar-refractivity contribution < 1.29 is 13.6 Å². The van der Waals surface area contributed by atoms with E-state index in [1.165, 1.54) is 60.4 Å². The molecule has 92 valence electrons. The van der Waals surface area contributed by atoms with E-state index in [-0.39, 0.29) is 17.5 Å². The summed E-state index contributed by atoms with van der Waals surface area (Å²) >= 11 is 0. The summed E-state index contributed by atoms with van der Waals surface area (Å²) < 4.78 is 25.7. The van der Waals surface area contributed by atoms with Crippen LogP contribution in [-0.4, -0.2) is 5.91 Å². The molecule has 0 radical (unpaired) electrons. The molecule has 0 fully saturated rings. The van der Waals surface area contributed by atoms with E-state index < -0.39 is 0 Å². The standard InChI is InChI=1S/C14H11F2NO/c1-10(18)17(13-6-2-11(15)3-7-13)14-8-4-12(16)5-9-14/h2-9H,1H3. The van der Waals surface area contributed by atoms with Crippen molar-refractivity contribution in [2.45, 2.75) is 6.92 Å². The summed E-state index contributed by atoms with van der Waals surface area (Å²) in [6.45, 7) is 1.40. The third kappa shape index (κ3) is 2.53. The molecule has 18 heavy (non-hydrogen) atoms. The van der Waals surface area contributed by atoms with E-state index in [9.17, 15) is 13.6 Å². The number of hydrogen-bond acceptors (Lipinski definition) is 1. The van der Waals surface area contributed by atoms with E-state index in [2.05, 4.69) is 0 Å². The minimum Gasteiger partial charge on any atom is -0.281 e. The average molecular weight is 247 g/mol. The Morgan fingerprint density at radius 2 is 1.17 bits per heavy atom. The second kappa shape index (κ2) is 4.96. The van der Waals surface area contributed by atoms with Gasteiger partial charge < -0.3 is 0 Å². The first-order valence-electron chi connectivity index (χ1n) is 5.40. The van der Waals surface area contributed by atoms with Crippen LogP contribution in [0.2, 0.25) is 0 Å². The molecule has 0 bridgehead atoms. The molecule has 0 aliphatic carbocycles. The Hall–Kier alpha value is -2.23. The lowest BCUT2D eigenvalue weighted by Gasteiger charge is -2.21. The van der Waals surface area contributed by atoms with Crippen molar-refractivity contribution in [2.24, 2.45) is 0 Å². The average Bonchev–Trinajstić information content (AvgIpc) is 2.34. The quantitative estimate of drug-likeness (QED) is 0.793. The van der Waals surface area contributed by atoms with Crippen LogP contribution in [-0.2, 0) is 4.79 Å². The Balaban J connectivity index is 2.43. The van der Waals surface area contributed by atoms with Gasteiger partial charge in [0.05, 0.1) is 0 Å². The number of carbonyl (C=O) groups is 1. The fraction of sp³-hybridized carbons (Fsp3) is 0.0714. The topological polar surface area (TPSA) is 20.3 Å². The van der Waals surface area contributed by atoms with Crippen LogP contribution in [0.3, 0.4) is 0 Å². The molecule has 2 nitrogen and oxygen atoms in total. The monoisotopic (exact) mass is 247 g/mol. The van der Waals surface area contributed by atoms with Crippen molar-refractivity contribution in [3.05, 3.63) is 60.2 Å². The van der Waals surface area contributed by atoms with Gasteiger partial charge in [-0.1, -0.05) is 0 Å². The van der Waals surface area contributed by atoms with Crippen molar-refractivity contribution in [1.82, 2.24) is 0 Å². The Bertz CT molecular complexity index is 504. The molecule has 0 heterocycles. The van der Waals surface area contributed by atoms with Crippen LogP contribution < -0.4 is 4.90 Å². The van der Waals surface area contributed by atoms with Gasteiger partial charge in [-0.25, -0.2) is 8.78 Å². The highest BCUT2D eigenvalue weighted by molar-refractivity contribution is 5.98. The molecule has 0 spiro atoms. The molecular formula is C14H11F2NO. The second-order valence-electron chi connectivity index (χ2n) is 3.81. The second-order valence-corrected chi connectivity index (χ2v) is 3.81. The van der Waals surface area contributed by atoms with E-state index in [0.717, 1.165) is 0 Å². The highest BCUT2D eigenvalue weighted by atomic mass is 19.1. The van der Waals surface area contributed by atoms with E-state index in [1.54, 1.807) is 0 Å². The smallest absolute Gasteiger partial charge is 0.228 e. The van der Waals surface area contributed by atoms with Crippen molar-refractivity contribution in [3.8, 4) is 0 Å². The molecule has 0 N–H and O–H groups in total. The summed E-state index contributed by atoms with van der Waals surface area (Å²) in [5.74, 6) is -0.976. The molecule has 0 aromatic heterocycles. The third-order valence-corrected chi connectivity index (χ3v) is 2.48. The zero-order chi connectivity index (χ0) is 13.1. The lowest BCUT2D eigenvalue weighted by atomic mass is 10.2. The predicted octanol–water partition coefficient (Wildman–Crippen LogP) is 3.65. The molecule has 0 saturated carbocycles. The zero-order valence-corrected chi connectivity index (χ0v) is 9.73. The number of anilines is 2. The first-order chi connectivity index (χ1) is 8.58. The van der Waals surface area contributed by atoms with Crippen LogP contribution in [0, 0.1) is 11.6 Å². The van der Waals surface area contributed by atoms with Gasteiger partial charge in [0, 0.05) is 18.3 Å². The number of amides is 1. The van der Waals surface area contributed by atoms with E-state index in [0.29, 0.717) is 11.4 Å². The van der Waals surface area contributed by atoms with Gasteiger partial charge in [-0.15, -0.1) is 0 Å². The van der Waals surface area contributed by atoms with Gasteiger partial charge >= 0.3 is 0 Å². The highest BCUT2D eigenvalue weighted by Gasteiger charge is 2.13. The van der Waals surface area contributed by atoms with Crippen molar-refractivity contribution in [1.29, 1.82) is 0 Å². The van der Waals surface area contributed by atoms with Crippen LogP contribution in [0.25, 0.3) is 0 Å². The maximum Gasteiger partial charge on any atom is 0.228 e. The van der Waals surface area contributed by atoms with Gasteiger partial charge in [0.15, 0.2) is 0 Å². The normalized spacial score (nSPS) is 10.2. The summed E-state index contributed by atoms with van der Waals surface area (Å²) in [5, 5.41) is 0. The van der Waals surface area contributed by atoms with Crippen LogP contribution in [0.5, 0.6) is 0 Å². The molecule has 4 heteroatoms. The summed E-state index contributed by atoms with van der Waals surface area (Å²) in [6, 6.07) is 11.1. The molecule has 2 aromatic carbocycles. The van der Waals surface area contributed by atoms with Crippen LogP contribution in [0.1, 0.15) is 6.92 Å². The molecule has 0 aliphatic rings. The van der Waals surface area contributed by atoms with Crippen molar-refractivity contribution in [3.63, 3.8) is 0 Å². The first kappa shape index (κ1) is 12.2. The van der Waals surface area contributed by atoms with E-state index in [4.69, 9.17) is 0 Å². The SMILES string of the molecule is CC(=O)N(c1ccc(F)cc1)c1ccc(F)cc1. The predicted molar refractivity (Wildman–Crippen MR) is 65.6 cm³/mol. The maximum absolute atomic E-state index is 12.9. The molecular weight excluding hydrogens is 236 g/mol. The molecule has 0 unspecified atom stereocenters. The molecule has 1 amide bonds. The summed E-state index contributed by atoms with van der Waals surface area (Å²) in [6.07, 6.45) is 0. The Kier molecular flexibility index (Phi) is 3.37. The van der Waals surface area contributed by atoms with E-state index in [1.807, 2.05) is 0 Å². The zero-order valence-electron chi connectivity index (χ0n) is 9.73. The first-order valence-corrected chi connectivity index (χ1v) is 5.40. The highest BCUT2D eigenvalue weighted by Crippen LogP contribution is 2.25. The van der Waals surface area contributed by atoms with Gasteiger partial charge in [0.1, 0.15) is 11.6 Å². The van der Waals surface area contributed by atoms with Gasteiger partial charge in [0.25, 0.3) is 0 Å². The minimum absolute atomic E-state index is 0.229. The molecule has 0 atom stereocenters. The number of hydrogen-bond donors (Lipinski definition) is 0. The van der Waals surface area contributed by atoms with Crippen LogP contribution in [0.15, 0.2) is 48.5 Å². The number of carbonyl (C=O) groups excluding carboxylic acids is 1. The minimum atomic E-state index is -0.374.